The van der Waals surface area contributed by atoms with Crippen molar-refractivity contribution >= 4 is 35.0 Å². The molecule has 7 N–H and O–H groups in total. The number of hydrogen-bond acceptors (Lipinski definition) is 13. The molecule has 0 aliphatic heterocycles. The number of benzene rings is 1. The first-order chi connectivity index (χ1) is 53.7. The predicted molar refractivity (Wildman–Crippen MR) is 481 cm³/mol. The minimum absolute atomic E-state index is 0. The van der Waals surface area contributed by atoms with Crippen molar-refractivity contribution in [2.24, 2.45) is 69.5 Å². The summed E-state index contributed by atoms with van der Waals surface area (Å²) < 4.78 is 18.6. The Labute approximate surface area is 825 Å². The minimum atomic E-state index is -1.61. The van der Waals surface area contributed by atoms with Crippen molar-refractivity contribution in [2.75, 3.05) is 5.75 Å². The van der Waals surface area contributed by atoms with Gasteiger partial charge in [0.05, 0.1) is 53.4 Å². The Hall–Kier alpha value is 0.629. The van der Waals surface area contributed by atoms with Gasteiger partial charge in [0.15, 0.2) is 22.4 Å². The molecule has 118 heavy (non-hydrogen) atoms. The average molecular weight is 1990 g/mol. The van der Waals surface area contributed by atoms with Gasteiger partial charge < -0.3 is 54.3 Å². The number of aliphatic hydroxyl groups excluding tert-OH is 6. The summed E-state index contributed by atoms with van der Waals surface area (Å²) in [6.45, 7) is 52.1. The van der Waals surface area contributed by atoms with Crippen molar-refractivity contribution in [1.82, 2.24) is 0 Å². The average Bonchev–Trinajstić information content (AvgIpc) is 1.61. The van der Waals surface area contributed by atoms with Crippen molar-refractivity contribution in [2.45, 2.75) is 368 Å². The van der Waals surface area contributed by atoms with E-state index in [-0.39, 0.29) is 153 Å². The molecule has 0 heterocycles. The molecule has 19 heteroatoms. The number of aliphatic hydroxyl groups is 7. The fourth-order valence-electron chi connectivity index (χ4n) is 22.3. The third-order valence-electron chi connectivity index (χ3n) is 29.8. The third kappa shape index (κ3) is 31.5. The Bertz CT molecular complexity index is 3470. The molecule has 654 valence electrons. The zero-order valence-electron chi connectivity index (χ0n) is 76.8. The topological polar surface area (TPSA) is 196 Å². The molecule has 0 spiro atoms. The van der Waals surface area contributed by atoms with Crippen LogP contribution in [0.2, 0.25) is 36.3 Å². The van der Waals surface area contributed by atoms with Gasteiger partial charge >= 0.3 is 0 Å². The van der Waals surface area contributed by atoms with E-state index < -0.39 is 58.9 Å². The summed E-state index contributed by atoms with van der Waals surface area (Å²) in [4.78, 5) is 16.5. The number of fused-ring (bicyclic) bond motifs is 3. The van der Waals surface area contributed by atoms with E-state index >= 15 is 0 Å². The quantitative estimate of drug-likeness (QED) is 0.00762. The van der Waals surface area contributed by atoms with E-state index in [4.69, 9.17) is 18.1 Å². The molecule has 3 unspecified atom stereocenters. The smallest absolute Gasteiger partial charge is 0.192 e. The molecule has 4 radical (unpaired) electrons. The van der Waals surface area contributed by atoms with Crippen LogP contribution in [0.25, 0.3) is 0 Å². The maximum Gasteiger partial charge on any atom is 0.192 e. The van der Waals surface area contributed by atoms with Crippen LogP contribution in [0.4, 0.5) is 0 Å². The molecule has 0 amide bonds. The number of aldehydes is 1. The van der Waals surface area contributed by atoms with Gasteiger partial charge in [0.25, 0.3) is 0 Å². The number of allylic oxidation sites excluding steroid dienone is 11. The maximum atomic E-state index is 11.3. The van der Waals surface area contributed by atoms with E-state index in [0.29, 0.717) is 120 Å². The molecule has 12 nitrogen and oxygen atoms in total. The summed E-state index contributed by atoms with van der Waals surface area (Å²) in [5.41, 5.74) is 9.76. The normalized spacial score (nSPS) is 31.1. The first-order valence-corrected chi connectivity index (χ1v) is 50.9. The second-order valence-electron chi connectivity index (χ2n) is 39.1. The molecule has 9 saturated carbocycles. The Balaban J connectivity index is 0.000000409. The molecule has 1 aromatic rings. The number of carbonyl (C=O) groups is 1. The largest absolute Gasteiger partial charge is 0.412 e. The molecule has 9 aliphatic carbocycles. The monoisotopic (exact) mass is 1980 g/mol. The van der Waals surface area contributed by atoms with Crippen molar-refractivity contribution in [1.29, 1.82) is 0 Å². The van der Waals surface area contributed by atoms with E-state index in [0.717, 1.165) is 66.6 Å². The molecule has 0 aromatic heterocycles. The zero-order valence-corrected chi connectivity index (χ0v) is 91.0. The molecule has 9 fully saturated rings. The number of hydrogen-bond donors (Lipinski definition) is 7. The van der Waals surface area contributed by atoms with Crippen LogP contribution in [0.15, 0.2) is 161 Å². The fraction of sp³-hybridized carbons (Fsp3) is 0.707. The van der Waals surface area contributed by atoms with E-state index in [1.54, 1.807) is 11.1 Å². The van der Waals surface area contributed by atoms with E-state index in [1.165, 1.54) is 131 Å². The Kier molecular flexibility index (Phi) is 49.6. The summed E-state index contributed by atoms with van der Waals surface area (Å²) >= 11 is 1.34. The molecule has 18 atom stereocenters. The molecular formula is C99H160O12SSi2Y4. The van der Waals surface area contributed by atoms with Crippen LogP contribution in [0, 0.1) is 69.5 Å². The maximum absolute atomic E-state index is 11.3. The predicted octanol–water partition coefficient (Wildman–Crippen LogP) is 23.8. The fourth-order valence-corrected chi connectivity index (χ4v) is 29.4. The summed E-state index contributed by atoms with van der Waals surface area (Å²) in [7, 11) is -3.16. The van der Waals surface area contributed by atoms with Crippen LogP contribution in [-0.2, 0) is 149 Å². The first kappa shape index (κ1) is 113. The van der Waals surface area contributed by atoms with Crippen LogP contribution in [0.1, 0.15) is 279 Å². The number of carbonyl (C=O) groups excluding carboxylic acids is 1. The Morgan fingerprint density at radius 2 is 0.788 bits per heavy atom. The van der Waals surface area contributed by atoms with Crippen molar-refractivity contribution in [3.8, 4) is 5.75 Å². The van der Waals surface area contributed by atoms with Crippen LogP contribution in [0.5, 0.6) is 5.75 Å². The van der Waals surface area contributed by atoms with Gasteiger partial charge in [-0.2, -0.15) is 0 Å². The van der Waals surface area contributed by atoms with Crippen molar-refractivity contribution in [3.63, 3.8) is 0 Å². The van der Waals surface area contributed by atoms with Crippen molar-refractivity contribution < 1.29 is 189 Å². The first-order valence-electron chi connectivity index (χ1n) is 45.0. The summed E-state index contributed by atoms with van der Waals surface area (Å²) in [6.07, 6.45) is 44.8. The molecule has 10 rings (SSSR count). The summed E-state index contributed by atoms with van der Waals surface area (Å²) in [6, 6.07) is 16.7. The van der Waals surface area contributed by atoms with Gasteiger partial charge in [-0.1, -0.05) is 215 Å². The van der Waals surface area contributed by atoms with Crippen LogP contribution >= 0.6 is 12.0 Å². The Morgan fingerprint density at radius 3 is 1.10 bits per heavy atom. The molecule has 9 aliphatic rings. The van der Waals surface area contributed by atoms with Gasteiger partial charge in [0.2, 0.25) is 0 Å². The molecule has 0 saturated heterocycles. The minimum Gasteiger partial charge on any atom is -0.412 e. The second kappa shape index (κ2) is 51.9. The third-order valence-corrected chi connectivity index (χ3v) is 40.0. The van der Waals surface area contributed by atoms with E-state index in [9.17, 15) is 40.5 Å². The number of para-hydroxylation sites is 1. The van der Waals surface area contributed by atoms with Gasteiger partial charge in [-0.15, -0.1) is 4.33 Å². The Morgan fingerprint density at radius 1 is 0.475 bits per heavy atom. The van der Waals surface area contributed by atoms with Gasteiger partial charge in [-0.25, -0.2) is 0 Å². The van der Waals surface area contributed by atoms with Crippen LogP contribution < -0.4 is 4.89 Å². The van der Waals surface area contributed by atoms with Crippen LogP contribution in [-0.4, -0.2) is 118 Å². The number of rotatable bonds is 29. The van der Waals surface area contributed by atoms with E-state index in [1.807, 2.05) is 44.2 Å². The molecule has 1 aromatic carbocycles. The van der Waals surface area contributed by atoms with Gasteiger partial charge in [0.1, 0.15) is 6.29 Å². The van der Waals surface area contributed by atoms with E-state index in [2.05, 4.69) is 191 Å². The summed E-state index contributed by atoms with van der Waals surface area (Å²) in [5.74, 6) is 6.54. The molecule has 0 bridgehead atoms. The van der Waals surface area contributed by atoms with Crippen LogP contribution in [0.3, 0.4) is 0 Å². The van der Waals surface area contributed by atoms with Crippen molar-refractivity contribution in [3.05, 3.63) is 161 Å². The SMILES string of the molecule is C=C1[C@H](O)CC(=C/C=C2\CCC[C@]3(C)[C@@H](C(C)/C=C/CC(C)(C)O)CC[C@@H]23)C[C@H]1O.C=C1[C@H](O)CC(=C/C=C2\CCC[C@]3(C)[C@@H](C(C)/C=C/CC(C)(C)O[Si](CC)(CC)CC)CC[C@@H]23)C[C@H]1O.C=C1[C@H](O)CC(=C/C=C2\CCC[C@]3(C)[C@@H](C(C)C=O)CC[C@@H]23)C[C@H]1O.CC[Si](CC)(CC)OC(C)(C)CCSOOc1ccccc1.[Y].[Y].[Y].[Y]. The molecular weight excluding hydrogens is 1820 g/mol. The van der Waals surface area contributed by atoms with Gasteiger partial charge in [-0.05, 0) is 324 Å². The summed E-state index contributed by atoms with van der Waals surface area (Å²) in [5, 5.41) is 70.7. The second-order valence-corrected chi connectivity index (χ2v) is 49.2. The standard InChI is InChI=1S/C33H56O3Si.C27H42O3.C22H32O3.C17H30O3SSi.4Y/c1-9-37(10-2,11-3)36-32(6,7)20-12-14-24(4)28-18-19-29-27(15-13-21-33(28,29)8)17-16-26-22-30(34)25(5)31(35)23-26;1-18(8-6-14-26(3,4)30)22-12-13-23-21(9-7-15-27(22,23)5)11-10-20-16-24(28)19(2)25(29)17-20;1-14(13-23)18-8-9-19-17(5-4-10-22(18,19)3)7-6-16-11-20(24)15(2)21(25)12-16;1-6-22(7-2,8-3)19-17(4,5)14-15-21-20-18-16-12-10-9-11-13-16;;;;/h12,14,16-17,24,28-31,34-35H,5,9-11,13,15,18-23H2,1-4,6-8H3;6,8,10-11,18,22-25,28-30H,2,7,9,12-17H2,1,3-5H3;6-7,13-14,18-21,24-25H,2,4-5,8-12H2,1,3H3;9-13H,6-8,14-15H2,1-5H3;;;;/b14-12+,27-17+;8-6+,21-11+;17-7+;;;;;/t24?,28-,29+,30-,31-,33-;18?,22-,23+,24-,25-,27-;14?,18-,19+,20-,21-,22-;;;;;/m111...../s1. The van der Waals surface area contributed by atoms with Gasteiger partial charge in [-0.3, -0.25) is 0 Å². The zero-order chi connectivity index (χ0) is 84.2. The van der Waals surface area contributed by atoms with Gasteiger partial charge in [0, 0.05) is 155 Å².